The topological polar surface area (TPSA) is 49.4 Å². The largest absolute Gasteiger partial charge is 0.353 e. The van der Waals surface area contributed by atoms with Crippen LogP contribution in [0.15, 0.2) is 24.3 Å². The lowest BCUT2D eigenvalue weighted by Gasteiger charge is -2.18. The summed E-state index contributed by atoms with van der Waals surface area (Å²) in [6, 6.07) is 8.38. The first-order valence-electron chi connectivity index (χ1n) is 8.37. The smallest absolute Gasteiger partial charge is 0.227 e. The second kappa shape index (κ2) is 6.51. The van der Waals surface area contributed by atoms with Crippen molar-refractivity contribution in [2.45, 2.75) is 51.5 Å². The van der Waals surface area contributed by atoms with Crippen LogP contribution in [0, 0.1) is 5.92 Å². The highest BCUT2D eigenvalue weighted by molar-refractivity contribution is 6.00. The number of hydrogen-bond donors (Lipinski definition) is 1. The molecular formula is C18H24N2O2. The van der Waals surface area contributed by atoms with Gasteiger partial charge >= 0.3 is 0 Å². The number of benzene rings is 1. The second-order valence-electron chi connectivity index (χ2n) is 6.42. The minimum absolute atomic E-state index is 0.0490. The van der Waals surface area contributed by atoms with Gasteiger partial charge in [-0.3, -0.25) is 9.59 Å². The first-order chi connectivity index (χ1) is 10.7. The van der Waals surface area contributed by atoms with Crippen molar-refractivity contribution in [2.24, 2.45) is 5.92 Å². The van der Waals surface area contributed by atoms with Crippen LogP contribution in [-0.2, 0) is 16.0 Å². The molecule has 0 radical (unpaired) electrons. The molecule has 1 heterocycles. The van der Waals surface area contributed by atoms with E-state index in [9.17, 15) is 9.59 Å². The van der Waals surface area contributed by atoms with Crippen LogP contribution >= 0.6 is 0 Å². The Balaban J connectivity index is 1.63. The van der Waals surface area contributed by atoms with Gasteiger partial charge < -0.3 is 10.2 Å². The third kappa shape index (κ3) is 3.16. The van der Waals surface area contributed by atoms with Crippen LogP contribution in [0.1, 0.15) is 44.6 Å². The van der Waals surface area contributed by atoms with Gasteiger partial charge in [-0.05, 0) is 37.0 Å². The highest BCUT2D eigenvalue weighted by Crippen LogP contribution is 2.26. The zero-order chi connectivity index (χ0) is 15.5. The summed E-state index contributed by atoms with van der Waals surface area (Å²) in [6.45, 7) is 2.61. The minimum Gasteiger partial charge on any atom is -0.353 e. The number of amides is 2. The molecule has 1 N–H and O–H groups in total. The van der Waals surface area contributed by atoms with Crippen LogP contribution in [0.3, 0.4) is 0 Å². The molecule has 1 saturated heterocycles. The molecule has 1 aromatic rings. The molecule has 22 heavy (non-hydrogen) atoms. The van der Waals surface area contributed by atoms with Gasteiger partial charge in [0.2, 0.25) is 11.8 Å². The molecule has 4 nitrogen and oxygen atoms in total. The molecule has 1 aromatic carbocycles. The molecular weight excluding hydrogens is 276 g/mol. The second-order valence-corrected chi connectivity index (χ2v) is 6.42. The number of aryl methyl sites for hydroxylation is 1. The fourth-order valence-corrected chi connectivity index (χ4v) is 3.43. The number of carbonyl (C=O) groups is 2. The van der Waals surface area contributed by atoms with Crippen LogP contribution in [0.5, 0.6) is 0 Å². The van der Waals surface area contributed by atoms with Crippen molar-refractivity contribution in [1.29, 1.82) is 0 Å². The van der Waals surface area contributed by atoms with Crippen LogP contribution in [0.4, 0.5) is 5.69 Å². The summed E-state index contributed by atoms with van der Waals surface area (Å²) < 4.78 is 0. The Labute approximate surface area is 131 Å². The van der Waals surface area contributed by atoms with Gasteiger partial charge in [0.1, 0.15) is 0 Å². The van der Waals surface area contributed by atoms with Crippen LogP contribution in [-0.4, -0.2) is 24.4 Å². The predicted octanol–water partition coefficient (Wildman–Crippen LogP) is 2.66. The standard InChI is InChI=1S/C18H24N2O2/c1-2-13-7-9-16(10-8-13)20-12-14(11-17(20)21)18(22)19-15-5-3-4-6-15/h7-10,14-15H,2-6,11-12H2,1H3,(H,19,22)/t14-/m1/s1. The first kappa shape index (κ1) is 15.1. The molecule has 1 saturated carbocycles. The van der Waals surface area contributed by atoms with Crippen molar-refractivity contribution in [2.75, 3.05) is 11.4 Å². The van der Waals surface area contributed by atoms with E-state index in [-0.39, 0.29) is 17.7 Å². The van der Waals surface area contributed by atoms with Gasteiger partial charge in [-0.15, -0.1) is 0 Å². The number of nitrogens with one attached hydrogen (secondary N) is 1. The SMILES string of the molecule is CCc1ccc(N2C[C@H](C(=O)NC3CCCC3)CC2=O)cc1. The molecule has 0 aromatic heterocycles. The Morgan fingerprint density at radius 1 is 1.23 bits per heavy atom. The zero-order valence-corrected chi connectivity index (χ0v) is 13.2. The predicted molar refractivity (Wildman–Crippen MR) is 86.7 cm³/mol. The lowest BCUT2D eigenvalue weighted by molar-refractivity contribution is -0.126. The highest BCUT2D eigenvalue weighted by atomic mass is 16.2. The summed E-state index contributed by atoms with van der Waals surface area (Å²) >= 11 is 0. The molecule has 2 fully saturated rings. The maximum atomic E-state index is 12.3. The molecule has 2 aliphatic rings. The van der Waals surface area contributed by atoms with E-state index in [0.717, 1.165) is 24.9 Å². The molecule has 4 heteroatoms. The molecule has 3 rings (SSSR count). The van der Waals surface area contributed by atoms with Gasteiger partial charge in [0.05, 0.1) is 5.92 Å². The number of hydrogen-bond acceptors (Lipinski definition) is 2. The van der Waals surface area contributed by atoms with Gasteiger partial charge in [0.25, 0.3) is 0 Å². The van der Waals surface area contributed by atoms with Gasteiger partial charge in [0, 0.05) is 24.7 Å². The van der Waals surface area contributed by atoms with Crippen LogP contribution in [0.25, 0.3) is 0 Å². The zero-order valence-electron chi connectivity index (χ0n) is 13.2. The van der Waals surface area contributed by atoms with E-state index in [4.69, 9.17) is 0 Å². The Kier molecular flexibility index (Phi) is 4.46. The van der Waals surface area contributed by atoms with E-state index in [1.807, 2.05) is 12.1 Å². The van der Waals surface area contributed by atoms with E-state index in [1.165, 1.54) is 18.4 Å². The van der Waals surface area contributed by atoms with E-state index in [2.05, 4.69) is 24.4 Å². The molecule has 1 atom stereocenters. The summed E-state index contributed by atoms with van der Waals surface area (Å²) in [5.41, 5.74) is 2.16. The Hall–Kier alpha value is -1.84. The summed E-state index contributed by atoms with van der Waals surface area (Å²) in [4.78, 5) is 26.3. The van der Waals surface area contributed by atoms with Crippen LogP contribution < -0.4 is 10.2 Å². The summed E-state index contributed by atoms with van der Waals surface area (Å²) in [5, 5.41) is 3.11. The Morgan fingerprint density at radius 3 is 2.55 bits per heavy atom. The van der Waals surface area contributed by atoms with E-state index in [0.29, 0.717) is 19.0 Å². The van der Waals surface area contributed by atoms with E-state index in [1.54, 1.807) is 4.90 Å². The van der Waals surface area contributed by atoms with Crippen molar-refractivity contribution < 1.29 is 9.59 Å². The molecule has 2 amide bonds. The van der Waals surface area contributed by atoms with Gasteiger partial charge in [0.15, 0.2) is 0 Å². The summed E-state index contributed by atoms with van der Waals surface area (Å²) in [6.07, 6.45) is 5.87. The number of rotatable bonds is 4. The Morgan fingerprint density at radius 2 is 1.91 bits per heavy atom. The number of carbonyl (C=O) groups excluding carboxylic acids is 2. The molecule has 1 aliphatic carbocycles. The van der Waals surface area contributed by atoms with E-state index < -0.39 is 0 Å². The van der Waals surface area contributed by atoms with Crippen molar-refractivity contribution in [1.82, 2.24) is 5.32 Å². The Bertz CT molecular complexity index is 547. The highest BCUT2D eigenvalue weighted by Gasteiger charge is 2.35. The maximum absolute atomic E-state index is 12.3. The van der Waals surface area contributed by atoms with Gasteiger partial charge in [-0.2, -0.15) is 0 Å². The summed E-state index contributed by atoms with van der Waals surface area (Å²) in [5.74, 6) is -0.109. The van der Waals surface area contributed by atoms with Gasteiger partial charge in [-0.1, -0.05) is 31.9 Å². The first-order valence-corrected chi connectivity index (χ1v) is 8.37. The monoisotopic (exact) mass is 300 g/mol. The fourth-order valence-electron chi connectivity index (χ4n) is 3.43. The lowest BCUT2D eigenvalue weighted by Crippen LogP contribution is -2.38. The molecule has 0 spiro atoms. The van der Waals surface area contributed by atoms with Gasteiger partial charge in [-0.25, -0.2) is 0 Å². The number of anilines is 1. The normalized spacial score (nSPS) is 22.3. The van der Waals surface area contributed by atoms with Crippen molar-refractivity contribution in [3.8, 4) is 0 Å². The average Bonchev–Trinajstić information content (AvgIpc) is 3.17. The number of nitrogens with zero attached hydrogens (tertiary/aromatic N) is 1. The third-order valence-electron chi connectivity index (χ3n) is 4.85. The molecule has 118 valence electrons. The minimum atomic E-state index is -0.209. The fraction of sp³-hybridized carbons (Fsp3) is 0.556. The molecule has 1 aliphatic heterocycles. The van der Waals surface area contributed by atoms with Crippen molar-refractivity contribution >= 4 is 17.5 Å². The quantitative estimate of drug-likeness (QED) is 0.929. The maximum Gasteiger partial charge on any atom is 0.227 e. The summed E-state index contributed by atoms with van der Waals surface area (Å²) in [7, 11) is 0. The average molecular weight is 300 g/mol. The van der Waals surface area contributed by atoms with E-state index >= 15 is 0 Å². The van der Waals surface area contributed by atoms with Crippen molar-refractivity contribution in [3.05, 3.63) is 29.8 Å². The lowest BCUT2D eigenvalue weighted by atomic mass is 10.1. The molecule has 0 bridgehead atoms. The molecule has 0 unspecified atom stereocenters. The van der Waals surface area contributed by atoms with Crippen molar-refractivity contribution in [3.63, 3.8) is 0 Å². The van der Waals surface area contributed by atoms with Crippen LogP contribution in [0.2, 0.25) is 0 Å². The third-order valence-corrected chi connectivity index (χ3v) is 4.85.